The predicted molar refractivity (Wildman–Crippen MR) is 83.2 cm³/mol. The summed E-state index contributed by atoms with van der Waals surface area (Å²) >= 11 is 0. The summed E-state index contributed by atoms with van der Waals surface area (Å²) in [5.41, 5.74) is 1.27. The fourth-order valence-electron chi connectivity index (χ4n) is 2.76. The quantitative estimate of drug-likeness (QED) is 0.888. The first-order chi connectivity index (χ1) is 8.90. The van der Waals surface area contributed by atoms with Gasteiger partial charge in [-0.3, -0.25) is 0 Å². The standard InChI is InChI=1S/C16H25NO.ClH/c1-18-16-12-8-7-9-14(16)13-17-15-10-5-3-2-4-6-11-15;/h7-9,12,15,17H,2-6,10-11,13H2,1H3;1H. The zero-order valence-corrected chi connectivity index (χ0v) is 12.7. The lowest BCUT2D eigenvalue weighted by molar-refractivity contribution is 0.378. The van der Waals surface area contributed by atoms with Crippen LogP contribution in [0.1, 0.15) is 50.5 Å². The molecule has 0 radical (unpaired) electrons. The second kappa shape index (κ2) is 9.22. The summed E-state index contributed by atoms with van der Waals surface area (Å²) in [6.45, 7) is 0.925. The van der Waals surface area contributed by atoms with E-state index >= 15 is 0 Å². The van der Waals surface area contributed by atoms with Crippen LogP contribution in [0.3, 0.4) is 0 Å². The molecule has 1 aliphatic carbocycles. The van der Waals surface area contributed by atoms with Crippen molar-refractivity contribution in [3.63, 3.8) is 0 Å². The van der Waals surface area contributed by atoms with Gasteiger partial charge in [0, 0.05) is 18.2 Å². The van der Waals surface area contributed by atoms with Crippen molar-refractivity contribution in [1.29, 1.82) is 0 Å². The minimum absolute atomic E-state index is 0. The minimum Gasteiger partial charge on any atom is -0.496 e. The van der Waals surface area contributed by atoms with E-state index < -0.39 is 0 Å². The molecule has 1 aromatic rings. The predicted octanol–water partition coefficient (Wildman–Crippen LogP) is 4.32. The van der Waals surface area contributed by atoms with Gasteiger partial charge in [0.1, 0.15) is 5.75 Å². The van der Waals surface area contributed by atoms with Crippen molar-refractivity contribution >= 4 is 12.4 Å². The summed E-state index contributed by atoms with van der Waals surface area (Å²) in [5, 5.41) is 3.70. The number of halogens is 1. The lowest BCUT2D eigenvalue weighted by Gasteiger charge is -2.21. The van der Waals surface area contributed by atoms with Crippen LogP contribution in [0.2, 0.25) is 0 Å². The molecule has 1 N–H and O–H groups in total. The van der Waals surface area contributed by atoms with Gasteiger partial charge in [-0.1, -0.05) is 50.3 Å². The molecule has 1 aliphatic rings. The molecule has 3 heteroatoms. The zero-order chi connectivity index (χ0) is 12.6. The van der Waals surface area contributed by atoms with E-state index in [1.54, 1.807) is 7.11 Å². The van der Waals surface area contributed by atoms with E-state index in [2.05, 4.69) is 17.4 Å². The Morgan fingerprint density at radius 2 is 1.68 bits per heavy atom. The summed E-state index contributed by atoms with van der Waals surface area (Å²) in [6, 6.07) is 8.98. The molecule has 1 fully saturated rings. The third-order valence-electron chi connectivity index (χ3n) is 3.88. The molecular formula is C16H26ClNO. The monoisotopic (exact) mass is 283 g/mol. The molecule has 0 aromatic heterocycles. The first-order valence-electron chi connectivity index (χ1n) is 7.25. The normalized spacial score (nSPS) is 17.1. The van der Waals surface area contributed by atoms with Gasteiger partial charge in [0.2, 0.25) is 0 Å². The first kappa shape index (κ1) is 16.3. The molecular weight excluding hydrogens is 258 g/mol. The topological polar surface area (TPSA) is 21.3 Å². The number of ether oxygens (including phenoxy) is 1. The van der Waals surface area contributed by atoms with Crippen LogP contribution in [0.25, 0.3) is 0 Å². The average molecular weight is 284 g/mol. The van der Waals surface area contributed by atoms with Crippen LogP contribution < -0.4 is 10.1 Å². The van der Waals surface area contributed by atoms with Gasteiger partial charge in [-0.2, -0.15) is 0 Å². The molecule has 0 atom stereocenters. The number of benzene rings is 1. The minimum atomic E-state index is 0. The summed E-state index contributed by atoms with van der Waals surface area (Å²) in [4.78, 5) is 0. The molecule has 0 amide bonds. The Kier molecular flexibility index (Phi) is 7.92. The lowest BCUT2D eigenvalue weighted by Crippen LogP contribution is -2.29. The molecule has 2 rings (SSSR count). The maximum atomic E-state index is 5.39. The van der Waals surface area contributed by atoms with Crippen molar-refractivity contribution in [3.05, 3.63) is 29.8 Å². The Hall–Kier alpha value is -0.730. The number of methoxy groups -OCH3 is 1. The fraction of sp³-hybridized carbons (Fsp3) is 0.625. The van der Waals surface area contributed by atoms with Gasteiger partial charge >= 0.3 is 0 Å². The van der Waals surface area contributed by atoms with Crippen LogP contribution in [0.4, 0.5) is 0 Å². The second-order valence-electron chi connectivity index (χ2n) is 5.23. The first-order valence-corrected chi connectivity index (χ1v) is 7.25. The van der Waals surface area contributed by atoms with Crippen molar-refractivity contribution in [2.24, 2.45) is 0 Å². The Balaban J connectivity index is 0.00000180. The van der Waals surface area contributed by atoms with E-state index in [4.69, 9.17) is 4.74 Å². The van der Waals surface area contributed by atoms with Crippen LogP contribution >= 0.6 is 12.4 Å². The molecule has 2 nitrogen and oxygen atoms in total. The number of hydrogen-bond donors (Lipinski definition) is 1. The molecule has 0 saturated heterocycles. The molecule has 1 saturated carbocycles. The molecule has 19 heavy (non-hydrogen) atoms. The highest BCUT2D eigenvalue weighted by Crippen LogP contribution is 2.20. The van der Waals surface area contributed by atoms with E-state index in [0.29, 0.717) is 6.04 Å². The Morgan fingerprint density at radius 1 is 1.05 bits per heavy atom. The van der Waals surface area contributed by atoms with Crippen LogP contribution in [-0.4, -0.2) is 13.2 Å². The zero-order valence-electron chi connectivity index (χ0n) is 11.9. The highest BCUT2D eigenvalue weighted by molar-refractivity contribution is 5.85. The van der Waals surface area contributed by atoms with Gasteiger partial charge in [-0.25, -0.2) is 0 Å². The van der Waals surface area contributed by atoms with Crippen LogP contribution in [0.5, 0.6) is 5.75 Å². The van der Waals surface area contributed by atoms with Crippen molar-refractivity contribution in [3.8, 4) is 5.75 Å². The van der Waals surface area contributed by atoms with E-state index in [-0.39, 0.29) is 12.4 Å². The summed E-state index contributed by atoms with van der Waals surface area (Å²) in [6.07, 6.45) is 9.66. The van der Waals surface area contributed by atoms with Gasteiger partial charge < -0.3 is 10.1 Å². The van der Waals surface area contributed by atoms with Gasteiger partial charge in [0.05, 0.1) is 7.11 Å². The molecule has 0 aliphatic heterocycles. The number of para-hydroxylation sites is 1. The third-order valence-corrected chi connectivity index (χ3v) is 3.88. The molecule has 0 bridgehead atoms. The van der Waals surface area contributed by atoms with Crippen LogP contribution in [-0.2, 0) is 6.54 Å². The van der Waals surface area contributed by atoms with Gasteiger partial charge in [-0.05, 0) is 18.9 Å². The molecule has 0 spiro atoms. The van der Waals surface area contributed by atoms with Crippen molar-refractivity contribution in [1.82, 2.24) is 5.32 Å². The maximum Gasteiger partial charge on any atom is 0.123 e. The van der Waals surface area contributed by atoms with Crippen LogP contribution in [0, 0.1) is 0 Å². The van der Waals surface area contributed by atoms with E-state index in [1.807, 2.05) is 12.1 Å². The lowest BCUT2D eigenvalue weighted by atomic mass is 9.96. The number of nitrogens with one attached hydrogen (secondary N) is 1. The maximum absolute atomic E-state index is 5.39. The summed E-state index contributed by atoms with van der Waals surface area (Å²) in [5.74, 6) is 0.996. The number of rotatable bonds is 4. The Labute approximate surface area is 123 Å². The highest BCUT2D eigenvalue weighted by Gasteiger charge is 2.11. The van der Waals surface area contributed by atoms with Gasteiger partial charge in [-0.15, -0.1) is 12.4 Å². The molecule has 108 valence electrons. The summed E-state index contributed by atoms with van der Waals surface area (Å²) < 4.78 is 5.39. The average Bonchev–Trinajstić information content (AvgIpc) is 2.38. The fourth-order valence-corrected chi connectivity index (χ4v) is 2.76. The largest absolute Gasteiger partial charge is 0.496 e. The van der Waals surface area contributed by atoms with Crippen LogP contribution in [0.15, 0.2) is 24.3 Å². The molecule has 0 heterocycles. The van der Waals surface area contributed by atoms with Gasteiger partial charge in [0.15, 0.2) is 0 Å². The Morgan fingerprint density at radius 3 is 2.37 bits per heavy atom. The third kappa shape index (κ3) is 5.42. The van der Waals surface area contributed by atoms with E-state index in [1.165, 1.54) is 50.5 Å². The van der Waals surface area contributed by atoms with Crippen molar-refractivity contribution in [2.45, 2.75) is 57.5 Å². The van der Waals surface area contributed by atoms with Gasteiger partial charge in [0.25, 0.3) is 0 Å². The summed E-state index contributed by atoms with van der Waals surface area (Å²) in [7, 11) is 1.74. The number of hydrogen-bond acceptors (Lipinski definition) is 2. The highest BCUT2D eigenvalue weighted by atomic mass is 35.5. The molecule has 0 unspecified atom stereocenters. The van der Waals surface area contributed by atoms with E-state index in [9.17, 15) is 0 Å². The SMILES string of the molecule is COc1ccccc1CNC1CCCCCCC1.Cl. The van der Waals surface area contributed by atoms with Crippen molar-refractivity contribution in [2.75, 3.05) is 7.11 Å². The Bertz CT molecular complexity index is 348. The van der Waals surface area contributed by atoms with Crippen molar-refractivity contribution < 1.29 is 4.74 Å². The smallest absolute Gasteiger partial charge is 0.123 e. The van der Waals surface area contributed by atoms with E-state index in [0.717, 1.165) is 12.3 Å². The second-order valence-corrected chi connectivity index (χ2v) is 5.23. The molecule has 1 aromatic carbocycles.